The van der Waals surface area contributed by atoms with Gasteiger partial charge in [-0.2, -0.15) is 0 Å². The molecule has 2 aliphatic carbocycles. The second-order valence-electron chi connectivity index (χ2n) is 6.74. The van der Waals surface area contributed by atoms with Gasteiger partial charge >= 0.3 is 5.97 Å². The third-order valence-electron chi connectivity index (χ3n) is 5.08. The first-order valence-corrected chi connectivity index (χ1v) is 8.65. The summed E-state index contributed by atoms with van der Waals surface area (Å²) in [5, 5.41) is 17.5. The Labute approximate surface area is 145 Å². The van der Waals surface area contributed by atoms with Crippen LogP contribution in [0.4, 0.5) is 0 Å². The Morgan fingerprint density at radius 1 is 1.24 bits per heavy atom. The molecule has 1 N–H and O–H groups in total. The predicted octanol–water partition coefficient (Wildman–Crippen LogP) is 3.30. The lowest BCUT2D eigenvalue weighted by Crippen LogP contribution is -2.17. The van der Waals surface area contributed by atoms with E-state index in [4.69, 9.17) is 5.11 Å². The molecule has 128 valence electrons. The molecule has 2 aliphatic rings. The average Bonchev–Trinajstić information content (AvgIpc) is 2.93. The molecule has 0 atom stereocenters. The van der Waals surface area contributed by atoms with Crippen LogP contribution in [-0.2, 0) is 6.42 Å². The Morgan fingerprint density at radius 2 is 2.08 bits per heavy atom. The van der Waals surface area contributed by atoms with Crippen molar-refractivity contribution in [3.63, 3.8) is 0 Å². The summed E-state index contributed by atoms with van der Waals surface area (Å²) in [5.74, 6) is -1.01. The molecule has 1 aromatic carbocycles. The third-order valence-corrected chi connectivity index (χ3v) is 5.08. The van der Waals surface area contributed by atoms with Crippen LogP contribution < -0.4 is 0 Å². The maximum absolute atomic E-state index is 12.9. The van der Waals surface area contributed by atoms with Gasteiger partial charge in [0.1, 0.15) is 5.69 Å². The number of aromatic nitrogens is 3. The van der Waals surface area contributed by atoms with Gasteiger partial charge in [-0.05, 0) is 68.4 Å². The van der Waals surface area contributed by atoms with E-state index in [0.717, 1.165) is 24.8 Å². The Morgan fingerprint density at radius 3 is 2.80 bits per heavy atom. The number of aryl methyl sites for hydroxylation is 1. The zero-order valence-electron chi connectivity index (χ0n) is 13.8. The first-order valence-electron chi connectivity index (χ1n) is 8.65. The van der Waals surface area contributed by atoms with Crippen molar-refractivity contribution >= 4 is 17.8 Å². The molecule has 1 aromatic heterocycles. The second kappa shape index (κ2) is 6.27. The summed E-state index contributed by atoms with van der Waals surface area (Å²) < 4.78 is 1.89. The molecular weight excluding hydrogens is 318 g/mol. The zero-order chi connectivity index (χ0) is 17.4. The minimum absolute atomic E-state index is 0.0392. The first-order chi connectivity index (χ1) is 12.1. The highest BCUT2D eigenvalue weighted by molar-refractivity contribution is 6.12. The van der Waals surface area contributed by atoms with Gasteiger partial charge in [0, 0.05) is 11.1 Å². The van der Waals surface area contributed by atoms with E-state index in [2.05, 4.69) is 10.3 Å². The highest BCUT2D eigenvalue weighted by Gasteiger charge is 2.23. The number of rotatable bonds is 3. The van der Waals surface area contributed by atoms with Gasteiger partial charge in [-0.15, -0.1) is 5.10 Å². The third kappa shape index (κ3) is 2.99. The van der Waals surface area contributed by atoms with Crippen LogP contribution in [0, 0.1) is 0 Å². The summed E-state index contributed by atoms with van der Waals surface area (Å²) in [6, 6.07) is 5.19. The summed E-state index contributed by atoms with van der Waals surface area (Å²) in [5.41, 5.74) is 3.05. The summed E-state index contributed by atoms with van der Waals surface area (Å²) in [7, 11) is 0. The van der Waals surface area contributed by atoms with Crippen LogP contribution in [-0.4, -0.2) is 31.9 Å². The van der Waals surface area contributed by atoms with E-state index in [-0.39, 0.29) is 11.3 Å². The number of carbonyl (C=O) groups is 2. The van der Waals surface area contributed by atoms with Crippen molar-refractivity contribution in [1.29, 1.82) is 0 Å². The van der Waals surface area contributed by atoms with E-state index in [9.17, 15) is 9.59 Å². The molecule has 0 saturated heterocycles. The summed E-state index contributed by atoms with van der Waals surface area (Å²) in [6.07, 6.45) is 9.41. The number of carboxylic acids is 1. The van der Waals surface area contributed by atoms with Crippen molar-refractivity contribution in [2.75, 3.05) is 0 Å². The van der Waals surface area contributed by atoms with Crippen molar-refractivity contribution in [3.8, 4) is 0 Å². The number of aromatic carboxylic acids is 1. The molecule has 2 aromatic rings. The van der Waals surface area contributed by atoms with Crippen LogP contribution in [0.3, 0.4) is 0 Å². The van der Waals surface area contributed by atoms with Crippen molar-refractivity contribution in [1.82, 2.24) is 15.0 Å². The van der Waals surface area contributed by atoms with Crippen molar-refractivity contribution in [2.24, 2.45) is 0 Å². The summed E-state index contributed by atoms with van der Waals surface area (Å²) in [4.78, 5) is 24.0. The molecule has 1 saturated carbocycles. The quantitative estimate of drug-likeness (QED) is 0.686. The molecule has 0 spiro atoms. The van der Waals surface area contributed by atoms with Gasteiger partial charge in [0.05, 0.1) is 17.8 Å². The molecule has 0 radical (unpaired) electrons. The maximum Gasteiger partial charge on any atom is 0.335 e. The normalized spacial score (nSPS) is 19.4. The minimum atomic E-state index is -0.970. The highest BCUT2D eigenvalue weighted by Crippen LogP contribution is 2.31. The SMILES string of the molecule is O=C(O)c1ccc2c(c1)CCC/C(=C\c1cn(C3CCC3)nn1)C2=O. The molecule has 1 fully saturated rings. The van der Waals surface area contributed by atoms with Crippen LogP contribution in [0.5, 0.6) is 0 Å². The number of hydrogen-bond donors (Lipinski definition) is 1. The molecule has 0 bridgehead atoms. The minimum Gasteiger partial charge on any atom is -0.478 e. The van der Waals surface area contributed by atoms with E-state index < -0.39 is 5.97 Å². The fraction of sp³-hybridized carbons (Fsp3) is 0.368. The van der Waals surface area contributed by atoms with Gasteiger partial charge in [-0.1, -0.05) is 5.21 Å². The molecular formula is C19H19N3O3. The zero-order valence-corrected chi connectivity index (χ0v) is 13.8. The molecule has 0 unspecified atom stereocenters. The van der Waals surface area contributed by atoms with Crippen molar-refractivity contribution < 1.29 is 14.7 Å². The van der Waals surface area contributed by atoms with E-state index in [1.807, 2.05) is 17.0 Å². The Balaban J connectivity index is 1.63. The van der Waals surface area contributed by atoms with Gasteiger partial charge in [0.25, 0.3) is 0 Å². The molecule has 6 nitrogen and oxygen atoms in total. The van der Waals surface area contributed by atoms with Gasteiger partial charge in [-0.3, -0.25) is 4.79 Å². The largest absolute Gasteiger partial charge is 0.478 e. The molecule has 0 aliphatic heterocycles. The number of Topliss-reactive ketones (excluding diaryl/α,β-unsaturated/α-hetero) is 1. The standard InChI is InChI=1S/C19H19N3O3/c23-18-13(10-15-11-22(21-20-15)16-5-2-6-16)4-1-3-12-9-14(19(24)25)7-8-17(12)18/h7-11,16H,1-6H2,(H,24,25)/b13-10+. The molecule has 1 heterocycles. The van der Waals surface area contributed by atoms with Crippen LogP contribution in [0.25, 0.3) is 6.08 Å². The lowest BCUT2D eigenvalue weighted by Gasteiger charge is -2.24. The number of carbonyl (C=O) groups excluding carboxylic acids is 1. The molecule has 4 rings (SSSR count). The lowest BCUT2D eigenvalue weighted by molar-refractivity contribution is 0.0696. The van der Waals surface area contributed by atoms with E-state index in [1.54, 1.807) is 12.1 Å². The Bertz CT molecular complexity index is 878. The number of ketones is 1. The van der Waals surface area contributed by atoms with E-state index in [0.29, 0.717) is 35.7 Å². The fourth-order valence-corrected chi connectivity index (χ4v) is 3.41. The van der Waals surface area contributed by atoms with Gasteiger partial charge < -0.3 is 5.11 Å². The monoisotopic (exact) mass is 337 g/mol. The summed E-state index contributed by atoms with van der Waals surface area (Å²) in [6.45, 7) is 0. The number of hydrogen-bond acceptors (Lipinski definition) is 4. The van der Waals surface area contributed by atoms with E-state index in [1.165, 1.54) is 12.5 Å². The van der Waals surface area contributed by atoms with Crippen LogP contribution >= 0.6 is 0 Å². The summed E-state index contributed by atoms with van der Waals surface area (Å²) >= 11 is 0. The van der Waals surface area contributed by atoms with Crippen molar-refractivity contribution in [3.05, 3.63) is 52.4 Å². The second-order valence-corrected chi connectivity index (χ2v) is 6.74. The fourth-order valence-electron chi connectivity index (χ4n) is 3.41. The molecule has 6 heteroatoms. The maximum atomic E-state index is 12.9. The molecule has 0 amide bonds. The lowest BCUT2D eigenvalue weighted by atomic mass is 9.93. The average molecular weight is 337 g/mol. The molecule has 25 heavy (non-hydrogen) atoms. The van der Waals surface area contributed by atoms with E-state index >= 15 is 0 Å². The Kier molecular flexibility index (Phi) is 3.95. The highest BCUT2D eigenvalue weighted by atomic mass is 16.4. The van der Waals surface area contributed by atoms with Gasteiger partial charge in [0.15, 0.2) is 5.78 Å². The topological polar surface area (TPSA) is 85.1 Å². The number of allylic oxidation sites excluding steroid dienone is 1. The number of benzene rings is 1. The van der Waals surface area contributed by atoms with Crippen molar-refractivity contribution in [2.45, 2.75) is 44.6 Å². The predicted molar refractivity (Wildman–Crippen MR) is 91.6 cm³/mol. The smallest absolute Gasteiger partial charge is 0.335 e. The Hall–Kier alpha value is -2.76. The van der Waals surface area contributed by atoms with Crippen LogP contribution in [0.15, 0.2) is 30.0 Å². The van der Waals surface area contributed by atoms with Gasteiger partial charge in [-0.25, -0.2) is 9.48 Å². The number of carboxylic acid groups (broad SMARTS) is 1. The van der Waals surface area contributed by atoms with Gasteiger partial charge in [0.2, 0.25) is 0 Å². The number of fused-ring (bicyclic) bond motifs is 1. The number of nitrogens with zero attached hydrogens (tertiary/aromatic N) is 3. The van der Waals surface area contributed by atoms with Crippen LogP contribution in [0.2, 0.25) is 0 Å². The van der Waals surface area contributed by atoms with Crippen LogP contribution in [0.1, 0.15) is 70.1 Å². The first kappa shape index (κ1) is 15.7.